The zero-order valence-corrected chi connectivity index (χ0v) is 11.7. The summed E-state index contributed by atoms with van der Waals surface area (Å²) in [7, 11) is 1.57. The first kappa shape index (κ1) is 15.1. The van der Waals surface area contributed by atoms with E-state index in [1.54, 1.807) is 27.0 Å². The van der Waals surface area contributed by atoms with Gasteiger partial charge in [0, 0.05) is 13.2 Å². The Labute approximate surface area is 112 Å². The number of nitrogens with zero attached hydrogens (tertiary/aromatic N) is 3. The third kappa shape index (κ3) is 3.49. The fourth-order valence-electron chi connectivity index (χ4n) is 1.75. The monoisotopic (exact) mass is 265 g/mol. The number of hydrogen-bond acceptors (Lipinski definition) is 5. The second-order valence-electron chi connectivity index (χ2n) is 4.15. The molecule has 0 saturated heterocycles. The van der Waals surface area contributed by atoms with E-state index < -0.39 is 12.0 Å². The molecule has 0 aliphatic heterocycles. The zero-order chi connectivity index (χ0) is 14.4. The summed E-state index contributed by atoms with van der Waals surface area (Å²) in [4.78, 5) is 25.4. The topological polar surface area (TPSA) is 72.4 Å². The van der Waals surface area contributed by atoms with Crippen LogP contribution >= 0.6 is 0 Å². The van der Waals surface area contributed by atoms with Crippen LogP contribution in [0.4, 0.5) is 0 Å². The van der Waals surface area contributed by atoms with Crippen LogP contribution in [0.25, 0.3) is 0 Å². The van der Waals surface area contributed by atoms with Crippen molar-refractivity contribution in [2.45, 2.75) is 33.2 Å². The predicted octanol–water partition coefficient (Wildman–Crippen LogP) is 1.20. The molecule has 1 rings (SSSR count). The van der Waals surface area contributed by atoms with Crippen molar-refractivity contribution in [3.05, 3.63) is 23.5 Å². The molecule has 19 heavy (non-hydrogen) atoms. The SMILES string of the molecule is CCOC(=O)[C@H](CC)N(C)C(=O)c1nnccc1C. The minimum Gasteiger partial charge on any atom is -0.464 e. The van der Waals surface area contributed by atoms with E-state index in [9.17, 15) is 9.59 Å². The molecule has 0 saturated carbocycles. The Kier molecular flexibility index (Phi) is 5.41. The highest BCUT2D eigenvalue weighted by Gasteiger charge is 2.28. The molecule has 104 valence electrons. The number of rotatable bonds is 5. The lowest BCUT2D eigenvalue weighted by atomic mass is 10.1. The molecule has 6 heteroatoms. The maximum absolute atomic E-state index is 12.3. The number of carbonyl (C=O) groups excluding carboxylic acids is 2. The Morgan fingerprint density at radius 2 is 2.11 bits per heavy atom. The molecule has 0 aliphatic carbocycles. The molecule has 0 radical (unpaired) electrons. The van der Waals surface area contributed by atoms with Crippen LogP contribution in [0.15, 0.2) is 12.3 Å². The van der Waals surface area contributed by atoms with Crippen molar-refractivity contribution < 1.29 is 14.3 Å². The molecule has 1 amide bonds. The molecule has 0 fully saturated rings. The molecule has 0 N–H and O–H groups in total. The summed E-state index contributed by atoms with van der Waals surface area (Å²) in [6.45, 7) is 5.64. The second kappa shape index (κ2) is 6.82. The number of aryl methyl sites for hydroxylation is 1. The third-order valence-electron chi connectivity index (χ3n) is 2.86. The van der Waals surface area contributed by atoms with Gasteiger partial charge in [0.1, 0.15) is 6.04 Å². The summed E-state index contributed by atoms with van der Waals surface area (Å²) in [5.41, 5.74) is 0.985. The lowest BCUT2D eigenvalue weighted by Gasteiger charge is -2.25. The van der Waals surface area contributed by atoms with E-state index in [-0.39, 0.29) is 11.6 Å². The lowest BCUT2D eigenvalue weighted by Crippen LogP contribution is -2.43. The fourth-order valence-corrected chi connectivity index (χ4v) is 1.75. The van der Waals surface area contributed by atoms with Gasteiger partial charge in [-0.25, -0.2) is 4.79 Å². The van der Waals surface area contributed by atoms with Gasteiger partial charge in [0.2, 0.25) is 0 Å². The van der Waals surface area contributed by atoms with Gasteiger partial charge in [0.25, 0.3) is 5.91 Å². The Morgan fingerprint density at radius 3 is 2.63 bits per heavy atom. The van der Waals surface area contributed by atoms with Crippen LogP contribution < -0.4 is 0 Å². The van der Waals surface area contributed by atoms with Crippen LogP contribution in [0.5, 0.6) is 0 Å². The zero-order valence-electron chi connectivity index (χ0n) is 11.7. The van der Waals surface area contributed by atoms with E-state index in [4.69, 9.17) is 4.74 Å². The Morgan fingerprint density at radius 1 is 1.42 bits per heavy atom. The van der Waals surface area contributed by atoms with Crippen molar-refractivity contribution in [2.75, 3.05) is 13.7 Å². The van der Waals surface area contributed by atoms with Gasteiger partial charge >= 0.3 is 5.97 Å². The number of hydrogen-bond donors (Lipinski definition) is 0. The number of carbonyl (C=O) groups is 2. The summed E-state index contributed by atoms with van der Waals surface area (Å²) < 4.78 is 4.96. The number of amides is 1. The standard InChI is InChI=1S/C13H19N3O3/c1-5-10(13(18)19-6-2)16(4)12(17)11-9(3)7-8-14-15-11/h7-8,10H,5-6H2,1-4H3/t10-/m0/s1. The molecule has 1 aromatic rings. The molecule has 0 spiro atoms. The smallest absolute Gasteiger partial charge is 0.328 e. The normalized spacial score (nSPS) is 11.8. The van der Waals surface area contributed by atoms with Gasteiger partial charge in [-0.1, -0.05) is 6.92 Å². The average molecular weight is 265 g/mol. The summed E-state index contributed by atoms with van der Waals surface area (Å²) in [6, 6.07) is 1.10. The van der Waals surface area contributed by atoms with E-state index in [0.29, 0.717) is 13.0 Å². The van der Waals surface area contributed by atoms with Crippen molar-refractivity contribution in [1.82, 2.24) is 15.1 Å². The molecule has 1 heterocycles. The van der Waals surface area contributed by atoms with Gasteiger partial charge in [-0.2, -0.15) is 5.10 Å². The average Bonchev–Trinajstić information content (AvgIpc) is 2.39. The van der Waals surface area contributed by atoms with Gasteiger partial charge in [0.05, 0.1) is 6.61 Å². The number of esters is 1. The first-order valence-corrected chi connectivity index (χ1v) is 6.25. The van der Waals surface area contributed by atoms with Crippen molar-refractivity contribution in [1.29, 1.82) is 0 Å². The largest absolute Gasteiger partial charge is 0.464 e. The quantitative estimate of drug-likeness (QED) is 0.748. The molecule has 0 aliphatic rings. The molecule has 0 aromatic carbocycles. The summed E-state index contributed by atoms with van der Waals surface area (Å²) in [5.74, 6) is -0.729. The van der Waals surface area contributed by atoms with E-state index in [1.165, 1.54) is 11.1 Å². The molecule has 0 unspecified atom stereocenters. The van der Waals surface area contributed by atoms with Crippen LogP contribution in [0.2, 0.25) is 0 Å². The van der Waals surface area contributed by atoms with Crippen LogP contribution in [-0.4, -0.2) is 46.7 Å². The highest BCUT2D eigenvalue weighted by molar-refractivity contribution is 5.96. The van der Waals surface area contributed by atoms with Crippen molar-refractivity contribution in [3.8, 4) is 0 Å². The molecular weight excluding hydrogens is 246 g/mol. The first-order chi connectivity index (χ1) is 9.02. The molecule has 6 nitrogen and oxygen atoms in total. The van der Waals surface area contributed by atoms with Crippen molar-refractivity contribution in [3.63, 3.8) is 0 Å². The van der Waals surface area contributed by atoms with Gasteiger partial charge in [-0.05, 0) is 31.9 Å². The summed E-state index contributed by atoms with van der Waals surface area (Å²) >= 11 is 0. The van der Waals surface area contributed by atoms with Crippen LogP contribution in [0.3, 0.4) is 0 Å². The summed E-state index contributed by atoms with van der Waals surface area (Å²) in [5, 5.41) is 7.53. The Balaban J connectivity index is 2.92. The van der Waals surface area contributed by atoms with Crippen LogP contribution in [-0.2, 0) is 9.53 Å². The fraction of sp³-hybridized carbons (Fsp3) is 0.538. The van der Waals surface area contributed by atoms with Gasteiger partial charge in [0.15, 0.2) is 5.69 Å². The minimum absolute atomic E-state index is 0.257. The molecule has 0 bridgehead atoms. The van der Waals surface area contributed by atoms with Gasteiger partial charge in [-0.15, -0.1) is 5.10 Å². The summed E-state index contributed by atoms with van der Waals surface area (Å²) in [6.07, 6.45) is 2.01. The van der Waals surface area contributed by atoms with Crippen LogP contribution in [0.1, 0.15) is 36.3 Å². The third-order valence-corrected chi connectivity index (χ3v) is 2.86. The van der Waals surface area contributed by atoms with Crippen LogP contribution in [0, 0.1) is 6.92 Å². The highest BCUT2D eigenvalue weighted by Crippen LogP contribution is 2.11. The Bertz CT molecular complexity index is 462. The molecule has 1 aromatic heterocycles. The Hall–Kier alpha value is -1.98. The van der Waals surface area contributed by atoms with E-state index in [2.05, 4.69) is 10.2 Å². The minimum atomic E-state index is -0.603. The first-order valence-electron chi connectivity index (χ1n) is 6.25. The molecular formula is C13H19N3O3. The second-order valence-corrected chi connectivity index (χ2v) is 4.15. The highest BCUT2D eigenvalue weighted by atomic mass is 16.5. The number of likely N-dealkylation sites (N-methyl/N-ethyl adjacent to an activating group) is 1. The van der Waals surface area contributed by atoms with E-state index >= 15 is 0 Å². The predicted molar refractivity (Wildman–Crippen MR) is 69.6 cm³/mol. The number of aromatic nitrogens is 2. The molecule has 1 atom stereocenters. The maximum Gasteiger partial charge on any atom is 0.328 e. The van der Waals surface area contributed by atoms with Crippen molar-refractivity contribution >= 4 is 11.9 Å². The van der Waals surface area contributed by atoms with E-state index in [1.807, 2.05) is 6.92 Å². The maximum atomic E-state index is 12.3. The number of ether oxygens (including phenoxy) is 1. The van der Waals surface area contributed by atoms with Gasteiger partial charge in [-0.3, -0.25) is 4.79 Å². The van der Waals surface area contributed by atoms with Gasteiger partial charge < -0.3 is 9.64 Å². The lowest BCUT2D eigenvalue weighted by molar-refractivity contribution is -0.148. The van der Waals surface area contributed by atoms with Crippen molar-refractivity contribution in [2.24, 2.45) is 0 Å². The van der Waals surface area contributed by atoms with E-state index in [0.717, 1.165) is 5.56 Å².